The molecule has 4 rings (SSSR count). The second kappa shape index (κ2) is 8.52. The van der Waals surface area contributed by atoms with Crippen molar-refractivity contribution < 1.29 is 0 Å². The lowest BCUT2D eigenvalue weighted by Gasteiger charge is -2.18. The van der Waals surface area contributed by atoms with E-state index in [2.05, 4.69) is 16.7 Å². The first kappa shape index (κ1) is 19.9. The lowest BCUT2D eigenvalue weighted by Crippen LogP contribution is -2.27. The van der Waals surface area contributed by atoms with Gasteiger partial charge in [-0.15, -0.1) is 0 Å². The zero-order chi connectivity index (χ0) is 21.1. The normalized spacial score (nSPS) is 15.7. The first-order valence-corrected chi connectivity index (χ1v) is 10.2. The summed E-state index contributed by atoms with van der Waals surface area (Å²) in [6.07, 6.45) is 1.09. The third-order valence-corrected chi connectivity index (χ3v) is 5.62. The summed E-state index contributed by atoms with van der Waals surface area (Å²) < 4.78 is 1.67. The monoisotopic (exact) mass is 399 g/mol. The van der Waals surface area contributed by atoms with Gasteiger partial charge in [-0.1, -0.05) is 42.0 Å². The standard InChI is InChI=1S/C24H25N5O/c1-16-3-7-20(8-4-16)22-21(19-9-5-17(13-25)6-10-19)28-23(24(30)29(22)2)27-15-18-11-12-26-14-18/h3-10,18,26H,11-12,14-15H2,1-2H3,(H,27,28)/t18-/m0/s1. The molecule has 1 aromatic heterocycles. The molecule has 6 nitrogen and oxygen atoms in total. The zero-order valence-electron chi connectivity index (χ0n) is 17.3. The number of nitrogens with one attached hydrogen (secondary N) is 2. The molecule has 1 saturated heterocycles. The molecule has 2 aromatic carbocycles. The summed E-state index contributed by atoms with van der Waals surface area (Å²) in [6.45, 7) is 4.72. The number of nitriles is 1. The Bertz CT molecular complexity index is 1130. The second-order valence-corrected chi connectivity index (χ2v) is 7.82. The van der Waals surface area contributed by atoms with Crippen LogP contribution in [0.1, 0.15) is 17.5 Å². The van der Waals surface area contributed by atoms with Gasteiger partial charge in [0.2, 0.25) is 0 Å². The number of anilines is 1. The summed E-state index contributed by atoms with van der Waals surface area (Å²) in [6, 6.07) is 17.5. The number of hydrogen-bond acceptors (Lipinski definition) is 5. The summed E-state index contributed by atoms with van der Waals surface area (Å²) in [4.78, 5) is 17.9. The Labute approximate surface area is 176 Å². The summed E-state index contributed by atoms with van der Waals surface area (Å²) in [5, 5.41) is 15.8. The van der Waals surface area contributed by atoms with Crippen LogP contribution in [0.25, 0.3) is 22.5 Å². The van der Waals surface area contributed by atoms with Gasteiger partial charge in [0.1, 0.15) is 0 Å². The van der Waals surface area contributed by atoms with E-state index in [0.717, 1.165) is 47.6 Å². The van der Waals surface area contributed by atoms with Crippen molar-refractivity contribution in [3.8, 4) is 28.6 Å². The largest absolute Gasteiger partial charge is 0.365 e. The van der Waals surface area contributed by atoms with E-state index in [1.807, 2.05) is 43.3 Å². The molecular weight excluding hydrogens is 374 g/mol. The van der Waals surface area contributed by atoms with Crippen LogP contribution >= 0.6 is 0 Å². The molecule has 1 aliphatic rings. The molecule has 2 N–H and O–H groups in total. The van der Waals surface area contributed by atoms with Crippen LogP contribution in [0, 0.1) is 24.2 Å². The first-order chi connectivity index (χ1) is 14.6. The Kier molecular flexibility index (Phi) is 5.64. The lowest BCUT2D eigenvalue weighted by molar-refractivity contribution is 0.613. The predicted molar refractivity (Wildman–Crippen MR) is 119 cm³/mol. The van der Waals surface area contributed by atoms with E-state index < -0.39 is 0 Å². The van der Waals surface area contributed by atoms with Gasteiger partial charge in [-0.2, -0.15) is 5.26 Å². The molecule has 30 heavy (non-hydrogen) atoms. The summed E-state index contributed by atoms with van der Waals surface area (Å²) in [7, 11) is 1.79. The molecule has 6 heteroatoms. The van der Waals surface area contributed by atoms with Crippen molar-refractivity contribution >= 4 is 5.82 Å². The van der Waals surface area contributed by atoms with E-state index in [1.54, 1.807) is 23.7 Å². The maximum absolute atomic E-state index is 13.1. The van der Waals surface area contributed by atoms with E-state index in [0.29, 0.717) is 23.8 Å². The number of benzene rings is 2. The molecule has 2 heterocycles. The minimum absolute atomic E-state index is 0.145. The first-order valence-electron chi connectivity index (χ1n) is 10.2. The number of rotatable bonds is 5. The molecule has 0 bridgehead atoms. The molecule has 0 saturated carbocycles. The van der Waals surface area contributed by atoms with Crippen LogP contribution in [0.15, 0.2) is 53.3 Å². The van der Waals surface area contributed by atoms with Crippen molar-refractivity contribution in [1.82, 2.24) is 14.9 Å². The van der Waals surface area contributed by atoms with Gasteiger partial charge in [-0.25, -0.2) is 4.98 Å². The molecule has 1 atom stereocenters. The topological polar surface area (TPSA) is 82.7 Å². The van der Waals surface area contributed by atoms with Crippen LogP contribution in [0.5, 0.6) is 0 Å². The van der Waals surface area contributed by atoms with Gasteiger partial charge in [0.05, 0.1) is 23.0 Å². The van der Waals surface area contributed by atoms with Gasteiger partial charge in [0.15, 0.2) is 5.82 Å². The minimum Gasteiger partial charge on any atom is -0.365 e. The Hall–Kier alpha value is -3.43. The third-order valence-electron chi connectivity index (χ3n) is 5.62. The van der Waals surface area contributed by atoms with E-state index in [9.17, 15) is 4.79 Å². The van der Waals surface area contributed by atoms with E-state index in [1.165, 1.54) is 0 Å². The van der Waals surface area contributed by atoms with Crippen molar-refractivity contribution in [2.45, 2.75) is 13.3 Å². The maximum Gasteiger partial charge on any atom is 0.293 e. The van der Waals surface area contributed by atoms with Crippen molar-refractivity contribution in [2.75, 3.05) is 25.0 Å². The summed E-state index contributed by atoms with van der Waals surface area (Å²) in [5.74, 6) is 0.853. The molecule has 0 spiro atoms. The highest BCUT2D eigenvalue weighted by molar-refractivity contribution is 5.79. The number of aryl methyl sites for hydroxylation is 1. The minimum atomic E-state index is -0.145. The van der Waals surface area contributed by atoms with Crippen LogP contribution in [0.4, 0.5) is 5.82 Å². The van der Waals surface area contributed by atoms with Gasteiger partial charge < -0.3 is 15.2 Å². The SMILES string of the molecule is Cc1ccc(-c2c(-c3ccc(C#N)cc3)nc(NC[C@H]3CCNC3)c(=O)n2C)cc1. The van der Waals surface area contributed by atoms with Crippen molar-refractivity contribution in [1.29, 1.82) is 5.26 Å². The fraction of sp³-hybridized carbons (Fsp3) is 0.292. The Morgan fingerprint density at radius 1 is 1.17 bits per heavy atom. The third kappa shape index (κ3) is 3.98. The van der Waals surface area contributed by atoms with E-state index in [4.69, 9.17) is 10.2 Å². The highest BCUT2D eigenvalue weighted by Gasteiger charge is 2.19. The fourth-order valence-electron chi connectivity index (χ4n) is 3.82. The quantitative estimate of drug-likeness (QED) is 0.688. The lowest BCUT2D eigenvalue weighted by atomic mass is 10.0. The number of aromatic nitrogens is 2. The molecule has 3 aromatic rings. The van der Waals surface area contributed by atoms with Crippen LogP contribution in [-0.4, -0.2) is 29.2 Å². The smallest absolute Gasteiger partial charge is 0.293 e. The van der Waals surface area contributed by atoms with Gasteiger partial charge in [0.25, 0.3) is 5.56 Å². The number of nitrogens with zero attached hydrogens (tertiary/aromatic N) is 3. The molecule has 152 valence electrons. The Morgan fingerprint density at radius 2 is 1.87 bits per heavy atom. The van der Waals surface area contributed by atoms with E-state index >= 15 is 0 Å². The molecule has 1 aliphatic heterocycles. The van der Waals surface area contributed by atoms with Crippen molar-refractivity contribution in [3.05, 3.63) is 70.0 Å². The Balaban J connectivity index is 1.82. The molecule has 0 amide bonds. The maximum atomic E-state index is 13.1. The molecule has 0 aliphatic carbocycles. The van der Waals surface area contributed by atoms with Crippen molar-refractivity contribution in [2.24, 2.45) is 13.0 Å². The predicted octanol–water partition coefficient (Wildman–Crippen LogP) is 3.32. The summed E-state index contributed by atoms with van der Waals surface area (Å²) in [5.41, 5.74) is 4.88. The molecule has 0 radical (unpaired) electrons. The number of hydrogen-bond donors (Lipinski definition) is 2. The van der Waals surface area contributed by atoms with Gasteiger partial charge in [-0.05, 0) is 44.5 Å². The fourth-order valence-corrected chi connectivity index (χ4v) is 3.82. The average Bonchev–Trinajstić information content (AvgIpc) is 3.29. The van der Waals surface area contributed by atoms with Crippen LogP contribution in [0.3, 0.4) is 0 Å². The second-order valence-electron chi connectivity index (χ2n) is 7.82. The molecule has 1 fully saturated rings. The van der Waals surface area contributed by atoms with Crippen LogP contribution in [0.2, 0.25) is 0 Å². The highest BCUT2D eigenvalue weighted by Crippen LogP contribution is 2.30. The van der Waals surface area contributed by atoms with Gasteiger partial charge >= 0.3 is 0 Å². The highest BCUT2D eigenvalue weighted by atomic mass is 16.1. The summed E-state index contributed by atoms with van der Waals surface area (Å²) >= 11 is 0. The van der Waals surface area contributed by atoms with Gasteiger partial charge in [0, 0.05) is 24.7 Å². The Morgan fingerprint density at radius 3 is 2.50 bits per heavy atom. The molecular formula is C24H25N5O. The average molecular weight is 399 g/mol. The molecule has 0 unspecified atom stereocenters. The zero-order valence-corrected chi connectivity index (χ0v) is 17.3. The van der Waals surface area contributed by atoms with Crippen molar-refractivity contribution in [3.63, 3.8) is 0 Å². The van der Waals surface area contributed by atoms with E-state index in [-0.39, 0.29) is 5.56 Å². The van der Waals surface area contributed by atoms with Crippen LogP contribution < -0.4 is 16.2 Å². The van der Waals surface area contributed by atoms with Crippen LogP contribution in [-0.2, 0) is 7.05 Å². The van der Waals surface area contributed by atoms with Gasteiger partial charge in [-0.3, -0.25) is 4.79 Å².